The number of amides is 2. The first-order valence-electron chi connectivity index (χ1n) is 10.9. The van der Waals surface area contributed by atoms with Crippen LogP contribution in [-0.4, -0.2) is 83.1 Å². The molecule has 2 aliphatic heterocycles. The van der Waals surface area contributed by atoms with E-state index in [1.165, 1.54) is 0 Å². The van der Waals surface area contributed by atoms with Crippen LogP contribution < -0.4 is 10.6 Å². The number of carbonyl (C=O) groups excluding carboxylic acids is 1. The number of hydrogen-bond acceptors (Lipinski definition) is 6. The number of nitrogens with zero attached hydrogens (tertiary/aromatic N) is 6. The van der Waals surface area contributed by atoms with Crippen LogP contribution in [0.15, 0.2) is 18.2 Å². The van der Waals surface area contributed by atoms with Crippen LogP contribution in [0.2, 0.25) is 0 Å². The average molecular weight is 424 g/mol. The summed E-state index contributed by atoms with van der Waals surface area (Å²) in [6.07, 6.45) is 0.898. The minimum atomic E-state index is 0.116. The van der Waals surface area contributed by atoms with Gasteiger partial charge in [0.05, 0.1) is 29.9 Å². The summed E-state index contributed by atoms with van der Waals surface area (Å²) >= 11 is 0. The maximum atomic E-state index is 12.9. The molecule has 1 aromatic carbocycles. The van der Waals surface area contributed by atoms with Gasteiger partial charge in [-0.1, -0.05) is 0 Å². The number of aromatic nitrogens is 3. The number of urea groups is 1. The minimum Gasteiger partial charge on any atom is -0.398 e. The number of nitrogens with two attached hydrogens (primary N) is 1. The Labute approximate surface area is 181 Å². The second-order valence-electron chi connectivity index (χ2n) is 8.37. The first-order chi connectivity index (χ1) is 15.0. The molecule has 2 aromatic heterocycles. The van der Waals surface area contributed by atoms with Crippen LogP contribution in [0.4, 0.5) is 16.3 Å². The Morgan fingerprint density at radius 2 is 1.77 bits per heavy atom. The van der Waals surface area contributed by atoms with E-state index < -0.39 is 0 Å². The minimum absolute atomic E-state index is 0.116. The van der Waals surface area contributed by atoms with Gasteiger partial charge in [-0.3, -0.25) is 4.68 Å². The van der Waals surface area contributed by atoms with Crippen LogP contribution in [-0.2, 0) is 11.8 Å². The number of aryl methyl sites for hydroxylation is 2. The predicted molar refractivity (Wildman–Crippen MR) is 121 cm³/mol. The van der Waals surface area contributed by atoms with Crippen molar-refractivity contribution >= 4 is 39.3 Å². The van der Waals surface area contributed by atoms with Gasteiger partial charge in [-0.15, -0.1) is 0 Å². The Morgan fingerprint density at radius 3 is 2.58 bits per heavy atom. The topological polar surface area (TPSA) is 92.8 Å². The number of anilines is 2. The number of benzene rings is 1. The van der Waals surface area contributed by atoms with Crippen molar-refractivity contribution in [3.05, 3.63) is 23.9 Å². The molecule has 9 heteroatoms. The van der Waals surface area contributed by atoms with Crippen molar-refractivity contribution in [3.63, 3.8) is 0 Å². The fraction of sp³-hybridized carbons (Fsp3) is 0.500. The highest BCUT2D eigenvalue weighted by Gasteiger charge is 2.25. The molecule has 4 heterocycles. The van der Waals surface area contributed by atoms with Crippen LogP contribution in [0.1, 0.15) is 12.1 Å². The van der Waals surface area contributed by atoms with Crippen LogP contribution in [0, 0.1) is 6.92 Å². The molecule has 0 aliphatic carbocycles. The molecule has 9 nitrogen and oxygen atoms in total. The monoisotopic (exact) mass is 423 g/mol. The van der Waals surface area contributed by atoms with E-state index in [0.717, 1.165) is 65.1 Å². The normalized spacial score (nSPS) is 18.1. The second-order valence-corrected chi connectivity index (χ2v) is 8.37. The zero-order chi connectivity index (χ0) is 21.5. The molecule has 2 N–H and O–H groups in total. The number of fused-ring (bicyclic) bond motifs is 2. The molecule has 164 valence electrons. The Morgan fingerprint density at radius 1 is 1.00 bits per heavy atom. The average Bonchev–Trinajstić information content (AvgIpc) is 2.95. The quantitative estimate of drug-likeness (QED) is 0.643. The van der Waals surface area contributed by atoms with Crippen molar-refractivity contribution < 1.29 is 9.53 Å². The molecule has 0 bridgehead atoms. The number of pyridine rings is 1. The van der Waals surface area contributed by atoms with Gasteiger partial charge in [0.1, 0.15) is 5.82 Å². The second kappa shape index (κ2) is 7.88. The van der Waals surface area contributed by atoms with E-state index in [9.17, 15) is 4.79 Å². The molecular weight excluding hydrogens is 394 g/mol. The van der Waals surface area contributed by atoms with Crippen molar-refractivity contribution in [2.45, 2.75) is 13.3 Å². The Balaban J connectivity index is 1.39. The molecular formula is C22H29N7O2. The van der Waals surface area contributed by atoms with Crippen molar-refractivity contribution in [2.24, 2.45) is 7.05 Å². The van der Waals surface area contributed by atoms with Crippen molar-refractivity contribution in [2.75, 3.05) is 63.1 Å². The van der Waals surface area contributed by atoms with Crippen LogP contribution in [0.5, 0.6) is 0 Å². The van der Waals surface area contributed by atoms with Gasteiger partial charge in [0.25, 0.3) is 0 Å². The molecule has 0 atom stereocenters. The standard InChI is InChI=1S/C22H29N7O2/c1-15-16-12-17-18(23)13-21(24-19(17)14-20(16)26(2)25-15)27-4-3-5-28(7-6-27)22(30)29-8-10-31-11-9-29/h12-14H,3-11H2,1-2H3,(H2,23,24). The highest BCUT2D eigenvalue weighted by atomic mass is 16.5. The summed E-state index contributed by atoms with van der Waals surface area (Å²) in [5.74, 6) is 0.865. The highest BCUT2D eigenvalue weighted by molar-refractivity contribution is 6.02. The zero-order valence-corrected chi connectivity index (χ0v) is 18.2. The fourth-order valence-electron chi connectivity index (χ4n) is 4.62. The number of carbonyl (C=O) groups is 1. The SMILES string of the molecule is Cc1nn(C)c2cc3nc(N4CCCN(C(=O)N5CCOCC5)CC4)cc(N)c3cc12. The van der Waals surface area contributed by atoms with Gasteiger partial charge in [-0.2, -0.15) is 5.10 Å². The molecule has 2 saturated heterocycles. The van der Waals surface area contributed by atoms with Gasteiger partial charge in [-0.25, -0.2) is 9.78 Å². The third kappa shape index (κ3) is 3.63. The highest BCUT2D eigenvalue weighted by Crippen LogP contribution is 2.30. The molecule has 2 fully saturated rings. The number of nitrogen functional groups attached to an aromatic ring is 1. The zero-order valence-electron chi connectivity index (χ0n) is 18.2. The molecule has 0 unspecified atom stereocenters. The lowest BCUT2D eigenvalue weighted by Gasteiger charge is -2.32. The number of morpholine rings is 1. The summed E-state index contributed by atoms with van der Waals surface area (Å²) in [7, 11) is 1.95. The lowest BCUT2D eigenvalue weighted by Crippen LogP contribution is -2.49. The largest absolute Gasteiger partial charge is 0.398 e. The first kappa shape index (κ1) is 19.9. The summed E-state index contributed by atoms with van der Waals surface area (Å²) < 4.78 is 7.26. The van der Waals surface area contributed by atoms with E-state index in [0.29, 0.717) is 32.8 Å². The summed E-state index contributed by atoms with van der Waals surface area (Å²) in [5, 5.41) is 6.57. The molecule has 2 aliphatic rings. The van der Waals surface area contributed by atoms with Crippen LogP contribution >= 0.6 is 0 Å². The summed E-state index contributed by atoms with van der Waals surface area (Å²) in [5.41, 5.74) is 10.1. The molecule has 3 aromatic rings. The Hall–Kier alpha value is -3.07. The Bertz CT molecular complexity index is 1140. The van der Waals surface area contributed by atoms with Crippen molar-refractivity contribution in [3.8, 4) is 0 Å². The smallest absolute Gasteiger partial charge is 0.320 e. The third-order valence-electron chi connectivity index (χ3n) is 6.36. The van der Waals surface area contributed by atoms with E-state index in [2.05, 4.69) is 22.1 Å². The fourth-order valence-corrected chi connectivity index (χ4v) is 4.62. The molecule has 2 amide bonds. The van der Waals surface area contributed by atoms with E-state index in [4.69, 9.17) is 15.5 Å². The van der Waals surface area contributed by atoms with Gasteiger partial charge >= 0.3 is 6.03 Å². The van der Waals surface area contributed by atoms with Gasteiger partial charge in [0.2, 0.25) is 0 Å². The first-order valence-corrected chi connectivity index (χ1v) is 10.9. The van der Waals surface area contributed by atoms with E-state index in [1.807, 2.05) is 34.5 Å². The molecule has 5 rings (SSSR count). The van der Waals surface area contributed by atoms with Gasteiger partial charge < -0.3 is 25.2 Å². The van der Waals surface area contributed by atoms with E-state index in [-0.39, 0.29) is 6.03 Å². The number of ether oxygens (including phenoxy) is 1. The predicted octanol–water partition coefficient (Wildman–Crippen LogP) is 1.98. The molecule has 0 radical (unpaired) electrons. The Kier molecular flexibility index (Phi) is 5.05. The van der Waals surface area contributed by atoms with Crippen molar-refractivity contribution in [1.82, 2.24) is 24.6 Å². The maximum Gasteiger partial charge on any atom is 0.320 e. The van der Waals surface area contributed by atoms with Crippen molar-refractivity contribution in [1.29, 1.82) is 0 Å². The van der Waals surface area contributed by atoms with Gasteiger partial charge in [0, 0.05) is 68.8 Å². The third-order valence-corrected chi connectivity index (χ3v) is 6.36. The molecule has 0 saturated carbocycles. The van der Waals surface area contributed by atoms with Gasteiger partial charge in [0.15, 0.2) is 0 Å². The molecule has 0 spiro atoms. The van der Waals surface area contributed by atoms with Crippen LogP contribution in [0.25, 0.3) is 21.8 Å². The lowest BCUT2D eigenvalue weighted by molar-refractivity contribution is 0.0438. The van der Waals surface area contributed by atoms with Crippen LogP contribution in [0.3, 0.4) is 0 Å². The maximum absolute atomic E-state index is 12.9. The summed E-state index contributed by atoms with van der Waals surface area (Å²) in [6.45, 7) is 7.60. The lowest BCUT2D eigenvalue weighted by atomic mass is 10.1. The summed E-state index contributed by atoms with van der Waals surface area (Å²) in [4.78, 5) is 23.9. The van der Waals surface area contributed by atoms with E-state index in [1.54, 1.807) is 0 Å². The molecule has 31 heavy (non-hydrogen) atoms. The summed E-state index contributed by atoms with van der Waals surface area (Å²) in [6, 6.07) is 6.23. The van der Waals surface area contributed by atoms with Gasteiger partial charge in [-0.05, 0) is 25.5 Å². The number of hydrogen-bond donors (Lipinski definition) is 1. The number of rotatable bonds is 1. The van der Waals surface area contributed by atoms with E-state index >= 15 is 0 Å².